The van der Waals surface area contributed by atoms with Gasteiger partial charge in [-0.3, -0.25) is 0 Å². The van der Waals surface area contributed by atoms with Gasteiger partial charge in [0.15, 0.2) is 0 Å². The summed E-state index contributed by atoms with van der Waals surface area (Å²) in [5, 5.41) is 0. The van der Waals surface area contributed by atoms with Crippen LogP contribution in [0.3, 0.4) is 0 Å². The molecule has 2 rings (SSSR count). The Morgan fingerprint density at radius 1 is 1.14 bits per heavy atom. The number of halogens is 1. The van der Waals surface area contributed by atoms with Crippen LogP contribution in [-0.4, -0.2) is 12.6 Å². The fourth-order valence-corrected chi connectivity index (χ4v) is 1.85. The number of carbonyl (C=O) groups is 1. The van der Waals surface area contributed by atoms with E-state index in [1.165, 1.54) is 12.1 Å². The van der Waals surface area contributed by atoms with Crippen molar-refractivity contribution in [1.82, 2.24) is 0 Å². The van der Waals surface area contributed by atoms with E-state index < -0.39 is 12.1 Å². The Balaban J connectivity index is 2.02. The molecular weight excluding hydrogens is 271 g/mol. The predicted molar refractivity (Wildman–Crippen MR) is 77.7 cm³/mol. The average Bonchev–Trinajstić information content (AvgIpc) is 2.54. The lowest BCUT2D eigenvalue weighted by Crippen LogP contribution is -2.11. The Labute approximate surface area is 123 Å². The Morgan fingerprint density at radius 3 is 2.62 bits per heavy atom. The van der Waals surface area contributed by atoms with Crippen molar-refractivity contribution in [3.05, 3.63) is 65.7 Å². The molecule has 3 nitrogen and oxygen atoms in total. The molecule has 0 aliphatic carbocycles. The summed E-state index contributed by atoms with van der Waals surface area (Å²) in [5.74, 6) is -0.360. The largest absolute Gasteiger partial charge is 0.489 e. The molecule has 0 saturated heterocycles. The number of hydrogen-bond acceptors (Lipinski definition) is 3. The van der Waals surface area contributed by atoms with E-state index in [-0.39, 0.29) is 12.2 Å². The maximum atomic E-state index is 13.9. The summed E-state index contributed by atoms with van der Waals surface area (Å²) in [6.45, 7) is 2.19. The molecule has 0 saturated carbocycles. The quantitative estimate of drug-likeness (QED) is 0.758. The first-order valence-corrected chi connectivity index (χ1v) is 6.78. The van der Waals surface area contributed by atoms with Gasteiger partial charge in [0.1, 0.15) is 12.4 Å². The predicted octanol–water partition coefficient (Wildman–Crippen LogP) is 3.84. The molecule has 0 bridgehead atoms. The second-order valence-corrected chi connectivity index (χ2v) is 4.46. The van der Waals surface area contributed by atoms with E-state index >= 15 is 0 Å². The van der Waals surface area contributed by atoms with Crippen LogP contribution >= 0.6 is 0 Å². The average molecular weight is 288 g/mol. The third-order valence-electron chi connectivity index (χ3n) is 2.89. The van der Waals surface area contributed by atoms with Crippen LogP contribution in [0, 0.1) is 0 Å². The standard InChI is InChI=1S/C17H17FO3/c1-2-20-17(19)16(18)14-9-6-10-15(11-14)21-12-13-7-4-3-5-8-13/h3-11,16H,2,12H2,1H3/t16-/m0/s1. The Hall–Kier alpha value is -2.36. The topological polar surface area (TPSA) is 35.5 Å². The highest BCUT2D eigenvalue weighted by molar-refractivity contribution is 5.76. The number of benzene rings is 2. The molecule has 1 atom stereocenters. The summed E-state index contributed by atoms with van der Waals surface area (Å²) in [6, 6.07) is 16.1. The fraction of sp³-hybridized carbons (Fsp3) is 0.235. The molecule has 0 unspecified atom stereocenters. The molecule has 0 fully saturated rings. The van der Waals surface area contributed by atoms with Crippen molar-refractivity contribution in [2.75, 3.05) is 6.61 Å². The zero-order valence-corrected chi connectivity index (χ0v) is 11.8. The third kappa shape index (κ3) is 4.31. The number of rotatable bonds is 6. The lowest BCUT2D eigenvalue weighted by Gasteiger charge is -2.10. The maximum Gasteiger partial charge on any atom is 0.345 e. The molecule has 0 spiro atoms. The molecule has 0 amide bonds. The molecule has 2 aromatic carbocycles. The van der Waals surface area contributed by atoms with Crippen LogP contribution in [0.25, 0.3) is 0 Å². The van der Waals surface area contributed by atoms with E-state index in [1.54, 1.807) is 19.1 Å². The lowest BCUT2D eigenvalue weighted by atomic mass is 10.1. The van der Waals surface area contributed by atoms with Crippen molar-refractivity contribution in [3.63, 3.8) is 0 Å². The Bertz CT molecular complexity index is 584. The highest BCUT2D eigenvalue weighted by Gasteiger charge is 2.21. The minimum Gasteiger partial charge on any atom is -0.489 e. The summed E-state index contributed by atoms with van der Waals surface area (Å²) in [5.41, 5.74) is 1.25. The summed E-state index contributed by atoms with van der Waals surface area (Å²) in [4.78, 5) is 11.4. The van der Waals surface area contributed by atoms with Gasteiger partial charge in [-0.2, -0.15) is 0 Å². The van der Waals surface area contributed by atoms with Gasteiger partial charge in [-0.25, -0.2) is 9.18 Å². The number of hydrogen-bond donors (Lipinski definition) is 0. The van der Waals surface area contributed by atoms with E-state index in [4.69, 9.17) is 4.74 Å². The molecule has 0 heterocycles. The molecule has 4 heteroatoms. The van der Waals surface area contributed by atoms with Gasteiger partial charge in [-0.15, -0.1) is 0 Å². The minimum atomic E-state index is -1.79. The molecule has 21 heavy (non-hydrogen) atoms. The molecule has 0 aromatic heterocycles. The second-order valence-electron chi connectivity index (χ2n) is 4.46. The number of esters is 1. The van der Waals surface area contributed by atoms with E-state index in [1.807, 2.05) is 30.3 Å². The van der Waals surface area contributed by atoms with Gasteiger partial charge in [0, 0.05) is 5.56 Å². The monoisotopic (exact) mass is 288 g/mol. The number of carbonyl (C=O) groups excluding carboxylic acids is 1. The van der Waals surface area contributed by atoms with Gasteiger partial charge in [-0.05, 0) is 24.6 Å². The van der Waals surface area contributed by atoms with Crippen LogP contribution in [0.15, 0.2) is 54.6 Å². The first-order chi connectivity index (χ1) is 10.2. The van der Waals surface area contributed by atoms with E-state index in [2.05, 4.69) is 4.74 Å². The van der Waals surface area contributed by atoms with Gasteiger partial charge in [0.2, 0.25) is 6.17 Å². The van der Waals surface area contributed by atoms with E-state index in [0.29, 0.717) is 12.4 Å². The SMILES string of the molecule is CCOC(=O)[C@@H](F)c1cccc(OCc2ccccc2)c1. The van der Waals surface area contributed by atoms with Crippen LogP contribution < -0.4 is 4.74 Å². The van der Waals surface area contributed by atoms with Gasteiger partial charge >= 0.3 is 5.97 Å². The number of ether oxygens (including phenoxy) is 2. The molecule has 0 N–H and O–H groups in total. The third-order valence-corrected chi connectivity index (χ3v) is 2.89. The molecule has 0 aliphatic heterocycles. The van der Waals surface area contributed by atoms with E-state index in [0.717, 1.165) is 5.56 Å². The first kappa shape index (κ1) is 15.0. The fourth-order valence-electron chi connectivity index (χ4n) is 1.85. The Morgan fingerprint density at radius 2 is 1.90 bits per heavy atom. The molecular formula is C17H17FO3. The van der Waals surface area contributed by atoms with Crippen molar-refractivity contribution in [2.24, 2.45) is 0 Å². The van der Waals surface area contributed by atoms with Crippen LogP contribution in [0.4, 0.5) is 4.39 Å². The zero-order chi connectivity index (χ0) is 15.1. The lowest BCUT2D eigenvalue weighted by molar-refractivity contribution is -0.149. The maximum absolute atomic E-state index is 13.9. The van der Waals surface area contributed by atoms with Gasteiger partial charge in [0.05, 0.1) is 6.61 Å². The van der Waals surface area contributed by atoms with Crippen LogP contribution in [0.5, 0.6) is 5.75 Å². The van der Waals surface area contributed by atoms with Crippen molar-refractivity contribution in [2.45, 2.75) is 19.7 Å². The molecule has 0 radical (unpaired) electrons. The smallest absolute Gasteiger partial charge is 0.345 e. The summed E-state index contributed by atoms with van der Waals surface area (Å²) in [7, 11) is 0. The van der Waals surface area contributed by atoms with Crippen molar-refractivity contribution in [1.29, 1.82) is 0 Å². The number of alkyl halides is 1. The summed E-state index contributed by atoms with van der Waals surface area (Å²) in [6.07, 6.45) is -1.79. The molecule has 0 aliphatic rings. The Kier molecular flexibility index (Phi) is 5.32. The van der Waals surface area contributed by atoms with E-state index in [9.17, 15) is 9.18 Å². The van der Waals surface area contributed by atoms with Gasteiger partial charge in [0.25, 0.3) is 0 Å². The first-order valence-electron chi connectivity index (χ1n) is 6.78. The normalized spacial score (nSPS) is 11.7. The second kappa shape index (κ2) is 7.43. The summed E-state index contributed by atoms with van der Waals surface area (Å²) >= 11 is 0. The highest BCUT2D eigenvalue weighted by atomic mass is 19.1. The molecule has 2 aromatic rings. The van der Waals surface area contributed by atoms with Gasteiger partial charge in [-0.1, -0.05) is 42.5 Å². The van der Waals surface area contributed by atoms with Crippen molar-refractivity contribution in [3.8, 4) is 5.75 Å². The van der Waals surface area contributed by atoms with Crippen molar-refractivity contribution < 1.29 is 18.7 Å². The van der Waals surface area contributed by atoms with Crippen LogP contribution in [0.1, 0.15) is 24.2 Å². The van der Waals surface area contributed by atoms with Crippen molar-refractivity contribution >= 4 is 5.97 Å². The minimum absolute atomic E-state index is 0.156. The molecule has 110 valence electrons. The zero-order valence-electron chi connectivity index (χ0n) is 11.8. The van der Waals surface area contributed by atoms with Gasteiger partial charge < -0.3 is 9.47 Å². The van der Waals surface area contributed by atoms with Crippen LogP contribution in [-0.2, 0) is 16.1 Å². The van der Waals surface area contributed by atoms with Crippen LogP contribution in [0.2, 0.25) is 0 Å². The highest BCUT2D eigenvalue weighted by Crippen LogP contribution is 2.24. The summed E-state index contributed by atoms with van der Waals surface area (Å²) < 4.78 is 24.2.